The predicted octanol–water partition coefficient (Wildman–Crippen LogP) is 6.31. The summed E-state index contributed by atoms with van der Waals surface area (Å²) in [6.07, 6.45) is 0.895. The van der Waals surface area contributed by atoms with Crippen molar-refractivity contribution in [2.24, 2.45) is 5.92 Å². The van der Waals surface area contributed by atoms with Gasteiger partial charge in [-0.2, -0.15) is 0 Å². The Bertz CT molecular complexity index is 826. The molecule has 2 aromatic rings. The third-order valence-corrected chi connectivity index (χ3v) is 4.62. The fourth-order valence-corrected chi connectivity index (χ4v) is 3.27. The fourth-order valence-electron chi connectivity index (χ4n) is 2.17. The molecule has 0 heterocycles. The zero-order chi connectivity index (χ0) is 20.0. The lowest BCUT2D eigenvalue weighted by Crippen LogP contribution is -2.34. The van der Waals surface area contributed by atoms with Crippen molar-refractivity contribution in [1.82, 2.24) is 5.32 Å². The zero-order valence-electron chi connectivity index (χ0n) is 14.8. The second-order valence-corrected chi connectivity index (χ2v) is 8.43. The smallest absolute Gasteiger partial charge is 0.261 e. The van der Waals surface area contributed by atoms with E-state index in [-0.39, 0.29) is 11.0 Å². The minimum Gasteiger partial charge on any atom is -0.493 e. The maximum absolute atomic E-state index is 12.7. The van der Waals surface area contributed by atoms with Gasteiger partial charge in [-0.05, 0) is 61.0 Å². The van der Waals surface area contributed by atoms with E-state index < -0.39 is 0 Å². The lowest BCUT2D eigenvalue weighted by molar-refractivity contribution is 0.0973. The number of hydrogen-bond acceptors (Lipinski definition) is 3. The van der Waals surface area contributed by atoms with Gasteiger partial charge < -0.3 is 10.1 Å². The van der Waals surface area contributed by atoms with Crippen LogP contribution >= 0.6 is 51.3 Å². The molecule has 0 atom stereocenters. The van der Waals surface area contributed by atoms with E-state index in [1.807, 2.05) is 6.07 Å². The molecule has 0 unspecified atom stereocenters. The molecule has 4 nitrogen and oxygen atoms in total. The van der Waals surface area contributed by atoms with Gasteiger partial charge in [0.1, 0.15) is 5.75 Å². The van der Waals surface area contributed by atoms with Crippen LogP contribution in [0.2, 0.25) is 10.0 Å². The lowest BCUT2D eigenvalue weighted by atomic mass is 10.1. The normalized spacial score (nSPS) is 10.6. The summed E-state index contributed by atoms with van der Waals surface area (Å²) < 4.78 is 6.54. The predicted molar refractivity (Wildman–Crippen MR) is 119 cm³/mol. The van der Waals surface area contributed by atoms with Crippen molar-refractivity contribution in [3.63, 3.8) is 0 Å². The van der Waals surface area contributed by atoms with Crippen molar-refractivity contribution in [1.29, 1.82) is 0 Å². The first kappa shape index (κ1) is 22.0. The van der Waals surface area contributed by atoms with Crippen molar-refractivity contribution in [2.75, 3.05) is 11.9 Å². The Morgan fingerprint density at radius 2 is 1.85 bits per heavy atom. The molecule has 8 heteroatoms. The van der Waals surface area contributed by atoms with E-state index in [2.05, 4.69) is 40.4 Å². The summed E-state index contributed by atoms with van der Waals surface area (Å²) in [5.74, 6) is 0.644. The Morgan fingerprint density at radius 3 is 2.48 bits per heavy atom. The largest absolute Gasteiger partial charge is 0.493 e. The number of benzene rings is 2. The second-order valence-electron chi connectivity index (χ2n) is 6.24. The third-order valence-electron chi connectivity index (χ3n) is 3.49. The van der Waals surface area contributed by atoms with Crippen LogP contribution in [0.3, 0.4) is 0 Å². The molecule has 0 aliphatic rings. The molecular weight excluding hydrogens is 471 g/mol. The number of nitrogens with one attached hydrogen (secondary N) is 2. The third kappa shape index (κ3) is 7.30. The fraction of sp³-hybridized carbons (Fsp3) is 0.263. The molecule has 0 fully saturated rings. The number of hydrogen-bond donors (Lipinski definition) is 2. The number of carbonyl (C=O) groups excluding carboxylic acids is 1. The van der Waals surface area contributed by atoms with E-state index in [9.17, 15) is 4.79 Å². The Morgan fingerprint density at radius 1 is 1.19 bits per heavy atom. The Balaban J connectivity index is 2.07. The van der Waals surface area contributed by atoms with Crippen molar-refractivity contribution in [2.45, 2.75) is 20.3 Å². The maximum atomic E-state index is 12.7. The Hall–Kier alpha value is -1.34. The Labute approximate surface area is 182 Å². The summed E-state index contributed by atoms with van der Waals surface area (Å²) in [6, 6.07) is 10.2. The first-order valence-corrected chi connectivity index (χ1v) is 10.2. The first-order valence-electron chi connectivity index (χ1n) is 8.25. The number of carbonyl (C=O) groups is 1. The van der Waals surface area contributed by atoms with E-state index in [1.54, 1.807) is 30.3 Å². The van der Waals surface area contributed by atoms with Gasteiger partial charge in [-0.1, -0.05) is 53.0 Å². The van der Waals surface area contributed by atoms with Crippen LogP contribution in [0, 0.1) is 5.92 Å². The van der Waals surface area contributed by atoms with Gasteiger partial charge in [0.25, 0.3) is 5.91 Å². The van der Waals surface area contributed by atoms with Gasteiger partial charge in [-0.15, -0.1) is 0 Å². The molecule has 1 amide bonds. The summed E-state index contributed by atoms with van der Waals surface area (Å²) >= 11 is 20.5. The topological polar surface area (TPSA) is 50.4 Å². The maximum Gasteiger partial charge on any atom is 0.261 e. The number of amides is 1. The van der Waals surface area contributed by atoms with E-state index in [4.69, 9.17) is 40.2 Å². The van der Waals surface area contributed by atoms with Crippen LogP contribution in [0.15, 0.2) is 40.9 Å². The van der Waals surface area contributed by atoms with Gasteiger partial charge in [0.2, 0.25) is 0 Å². The number of rotatable bonds is 6. The average molecular weight is 490 g/mol. The molecular formula is C19H19BrCl2N2O2S. The molecule has 0 saturated carbocycles. The molecule has 0 aromatic heterocycles. The van der Waals surface area contributed by atoms with Crippen LogP contribution in [-0.4, -0.2) is 17.6 Å². The highest BCUT2D eigenvalue weighted by Gasteiger charge is 2.15. The first-order chi connectivity index (χ1) is 12.7. The van der Waals surface area contributed by atoms with Crippen molar-refractivity contribution < 1.29 is 9.53 Å². The van der Waals surface area contributed by atoms with E-state index in [0.717, 1.165) is 10.9 Å². The summed E-state index contributed by atoms with van der Waals surface area (Å²) in [6.45, 7) is 4.76. The highest BCUT2D eigenvalue weighted by atomic mass is 79.9. The average Bonchev–Trinajstić information content (AvgIpc) is 2.54. The number of thiocarbonyl (C=S) groups is 1. The zero-order valence-corrected chi connectivity index (χ0v) is 18.7. The molecule has 144 valence electrons. The summed E-state index contributed by atoms with van der Waals surface area (Å²) in [7, 11) is 0. The van der Waals surface area contributed by atoms with Gasteiger partial charge >= 0.3 is 0 Å². The molecule has 2 aromatic carbocycles. The van der Waals surface area contributed by atoms with Crippen molar-refractivity contribution in [3.05, 3.63) is 56.5 Å². The molecule has 0 aliphatic heterocycles. The van der Waals surface area contributed by atoms with Crippen LogP contribution in [0.4, 0.5) is 5.69 Å². The second kappa shape index (κ2) is 10.3. The number of anilines is 1. The summed E-state index contributed by atoms with van der Waals surface area (Å²) in [5, 5.41) is 6.60. The van der Waals surface area contributed by atoms with Crippen LogP contribution in [-0.2, 0) is 0 Å². The van der Waals surface area contributed by atoms with E-state index in [0.29, 0.717) is 39.6 Å². The number of ether oxygens (including phenoxy) is 1. The molecule has 0 spiro atoms. The lowest BCUT2D eigenvalue weighted by Gasteiger charge is -2.14. The molecule has 2 rings (SSSR count). The van der Waals surface area contributed by atoms with E-state index in [1.165, 1.54) is 0 Å². The van der Waals surface area contributed by atoms with Crippen LogP contribution in [0.1, 0.15) is 30.6 Å². The van der Waals surface area contributed by atoms with Gasteiger partial charge in [-0.25, -0.2) is 0 Å². The number of halogens is 3. The molecule has 0 aliphatic carbocycles. The molecule has 0 bridgehead atoms. The van der Waals surface area contributed by atoms with Crippen molar-refractivity contribution >= 4 is 68.1 Å². The highest BCUT2D eigenvalue weighted by Crippen LogP contribution is 2.25. The minimum absolute atomic E-state index is 0.131. The molecule has 0 saturated heterocycles. The van der Waals surface area contributed by atoms with E-state index >= 15 is 0 Å². The van der Waals surface area contributed by atoms with Crippen LogP contribution < -0.4 is 15.4 Å². The van der Waals surface area contributed by atoms with Gasteiger partial charge in [0, 0.05) is 20.2 Å². The minimum atomic E-state index is -0.374. The standard InChI is InChI=1S/C19H19BrCl2N2O2S/c1-11(2)5-6-26-17-4-3-12(20)7-16(17)18(25)24-19(27)23-15-9-13(21)8-14(22)10-15/h3-4,7-11H,5-6H2,1-2H3,(H2,23,24,25,27). The molecule has 27 heavy (non-hydrogen) atoms. The molecule has 0 radical (unpaired) electrons. The SMILES string of the molecule is CC(C)CCOc1ccc(Br)cc1C(=O)NC(=S)Nc1cc(Cl)cc(Cl)c1. The summed E-state index contributed by atoms with van der Waals surface area (Å²) in [4.78, 5) is 12.7. The molecule has 2 N–H and O–H groups in total. The van der Waals surface area contributed by atoms with Crippen molar-refractivity contribution in [3.8, 4) is 5.75 Å². The van der Waals surface area contributed by atoms with Crippen LogP contribution in [0.25, 0.3) is 0 Å². The summed E-state index contributed by atoms with van der Waals surface area (Å²) in [5.41, 5.74) is 0.974. The van der Waals surface area contributed by atoms with Gasteiger partial charge in [-0.3, -0.25) is 10.1 Å². The highest BCUT2D eigenvalue weighted by molar-refractivity contribution is 9.10. The van der Waals surface area contributed by atoms with Gasteiger partial charge in [0.15, 0.2) is 5.11 Å². The van der Waals surface area contributed by atoms with Crippen LogP contribution in [0.5, 0.6) is 5.75 Å². The quantitative estimate of drug-likeness (QED) is 0.467. The Kier molecular flexibility index (Phi) is 8.35. The monoisotopic (exact) mass is 488 g/mol. The van der Waals surface area contributed by atoms with Gasteiger partial charge in [0.05, 0.1) is 12.2 Å².